The van der Waals surface area contributed by atoms with Gasteiger partial charge in [0, 0.05) is 5.92 Å². The normalized spacial score (nSPS) is 13.2. The minimum atomic E-state index is 0.0588. The number of hydrogen-bond donors (Lipinski definition) is 1. The molecule has 0 aliphatic heterocycles. The van der Waals surface area contributed by atoms with Crippen molar-refractivity contribution in [2.24, 2.45) is 5.92 Å². The second-order valence-corrected chi connectivity index (χ2v) is 7.44. The lowest BCUT2D eigenvalue weighted by Crippen LogP contribution is -2.27. The molecule has 2 atom stereocenters. The first-order valence-corrected chi connectivity index (χ1v) is 10.2. The number of aliphatic hydroxyl groups is 1. The molecule has 29 heavy (non-hydrogen) atoms. The fraction of sp³-hybridized carbons (Fsp3) is 0.308. The Morgan fingerprint density at radius 2 is 1.24 bits per heavy atom. The van der Waals surface area contributed by atoms with Crippen LogP contribution in [0.5, 0.6) is 0 Å². The highest BCUT2D eigenvalue weighted by Crippen LogP contribution is 2.19. The maximum absolute atomic E-state index is 9.26. The Bertz CT molecular complexity index is 816. The van der Waals surface area contributed by atoms with Crippen molar-refractivity contribution < 1.29 is 14.6 Å². The minimum Gasteiger partial charge on any atom is -0.392 e. The van der Waals surface area contributed by atoms with Crippen LogP contribution >= 0.6 is 0 Å². The third-order valence-corrected chi connectivity index (χ3v) is 5.17. The van der Waals surface area contributed by atoms with E-state index in [0.717, 1.165) is 12.0 Å². The van der Waals surface area contributed by atoms with Gasteiger partial charge in [0.15, 0.2) is 0 Å². The van der Waals surface area contributed by atoms with Crippen LogP contribution in [0.25, 0.3) is 0 Å². The maximum Gasteiger partial charge on any atom is 0.0720 e. The summed E-state index contributed by atoms with van der Waals surface area (Å²) in [4.78, 5) is 0. The number of hydrogen-bond acceptors (Lipinski definition) is 3. The zero-order valence-corrected chi connectivity index (χ0v) is 17.0. The highest BCUT2D eigenvalue weighted by Gasteiger charge is 2.19. The summed E-state index contributed by atoms with van der Waals surface area (Å²) in [6.07, 6.45) is 0.930. The number of rotatable bonds is 11. The fourth-order valence-electron chi connectivity index (χ4n) is 3.28. The van der Waals surface area contributed by atoms with Gasteiger partial charge in [-0.05, 0) is 35.6 Å². The highest BCUT2D eigenvalue weighted by atomic mass is 16.5. The van der Waals surface area contributed by atoms with Crippen LogP contribution in [-0.2, 0) is 35.7 Å². The van der Waals surface area contributed by atoms with Crippen LogP contribution in [0.1, 0.15) is 29.2 Å². The number of benzene rings is 3. The first-order chi connectivity index (χ1) is 14.2. The Labute approximate surface area is 173 Å². The first kappa shape index (κ1) is 21.3. The topological polar surface area (TPSA) is 38.7 Å². The summed E-state index contributed by atoms with van der Waals surface area (Å²) in [6.45, 7) is 4.03. The van der Waals surface area contributed by atoms with Crippen molar-refractivity contribution in [1.82, 2.24) is 0 Å². The van der Waals surface area contributed by atoms with E-state index in [0.29, 0.717) is 19.8 Å². The van der Waals surface area contributed by atoms with Crippen LogP contribution < -0.4 is 0 Å². The second-order valence-electron chi connectivity index (χ2n) is 7.44. The van der Waals surface area contributed by atoms with Crippen LogP contribution in [0.4, 0.5) is 0 Å². The number of aliphatic hydroxyl groups excluding tert-OH is 1. The molecule has 3 nitrogen and oxygen atoms in total. The van der Waals surface area contributed by atoms with Crippen LogP contribution in [0.15, 0.2) is 84.9 Å². The molecule has 3 rings (SSSR count). The second kappa shape index (κ2) is 11.5. The molecule has 0 aliphatic rings. The molecular formula is C26H30O3. The van der Waals surface area contributed by atoms with Crippen LogP contribution in [-0.4, -0.2) is 17.8 Å². The van der Waals surface area contributed by atoms with E-state index in [9.17, 15) is 5.11 Å². The van der Waals surface area contributed by atoms with E-state index in [1.165, 1.54) is 16.7 Å². The number of ether oxygens (including phenoxy) is 2. The molecule has 3 aromatic rings. The predicted octanol–water partition coefficient (Wildman–Crippen LogP) is 5.16. The Kier molecular flexibility index (Phi) is 8.44. The van der Waals surface area contributed by atoms with Crippen molar-refractivity contribution in [2.75, 3.05) is 6.61 Å². The van der Waals surface area contributed by atoms with Gasteiger partial charge in [0.1, 0.15) is 0 Å². The van der Waals surface area contributed by atoms with Crippen molar-refractivity contribution >= 4 is 0 Å². The average molecular weight is 391 g/mol. The maximum atomic E-state index is 9.26. The molecule has 0 amide bonds. The van der Waals surface area contributed by atoms with E-state index in [2.05, 4.69) is 43.3 Å². The quantitative estimate of drug-likeness (QED) is 0.491. The molecule has 3 heteroatoms. The molecule has 0 heterocycles. The van der Waals surface area contributed by atoms with E-state index in [1.807, 2.05) is 48.5 Å². The fourth-order valence-corrected chi connectivity index (χ4v) is 3.28. The molecule has 0 aliphatic carbocycles. The third kappa shape index (κ3) is 7.13. The highest BCUT2D eigenvalue weighted by molar-refractivity contribution is 5.22. The lowest BCUT2D eigenvalue weighted by atomic mass is 9.94. The molecule has 1 N–H and O–H groups in total. The van der Waals surface area contributed by atoms with Gasteiger partial charge in [-0.3, -0.25) is 0 Å². The molecule has 0 saturated heterocycles. The van der Waals surface area contributed by atoms with Crippen LogP contribution in [0, 0.1) is 5.92 Å². The zero-order valence-electron chi connectivity index (χ0n) is 17.0. The predicted molar refractivity (Wildman–Crippen MR) is 116 cm³/mol. The summed E-state index contributed by atoms with van der Waals surface area (Å²) < 4.78 is 12.2. The summed E-state index contributed by atoms with van der Waals surface area (Å²) >= 11 is 0. The van der Waals surface area contributed by atoms with Gasteiger partial charge in [-0.15, -0.1) is 0 Å². The van der Waals surface area contributed by atoms with Gasteiger partial charge in [0.05, 0.1) is 32.5 Å². The van der Waals surface area contributed by atoms with Gasteiger partial charge in [-0.25, -0.2) is 0 Å². The molecule has 0 radical (unpaired) electrons. The summed E-state index contributed by atoms with van der Waals surface area (Å²) in [5, 5.41) is 9.26. The zero-order chi connectivity index (χ0) is 20.3. The molecule has 0 aromatic heterocycles. The molecule has 0 spiro atoms. The molecule has 152 valence electrons. The van der Waals surface area contributed by atoms with Crippen molar-refractivity contribution in [1.29, 1.82) is 0 Å². The first-order valence-electron chi connectivity index (χ1n) is 10.2. The van der Waals surface area contributed by atoms with E-state index >= 15 is 0 Å². The molecule has 0 fully saturated rings. The molecular weight excluding hydrogens is 360 g/mol. The molecule has 3 aromatic carbocycles. The molecule has 0 bridgehead atoms. The van der Waals surface area contributed by atoms with Crippen LogP contribution in [0.3, 0.4) is 0 Å². The van der Waals surface area contributed by atoms with Gasteiger partial charge in [0.2, 0.25) is 0 Å². The lowest BCUT2D eigenvalue weighted by molar-refractivity contribution is -0.0244. The monoisotopic (exact) mass is 390 g/mol. The minimum absolute atomic E-state index is 0.0588. The van der Waals surface area contributed by atoms with Crippen molar-refractivity contribution in [3.63, 3.8) is 0 Å². The summed E-state index contributed by atoms with van der Waals surface area (Å²) in [7, 11) is 0. The van der Waals surface area contributed by atoms with E-state index in [1.54, 1.807) is 0 Å². The molecule has 0 unspecified atom stereocenters. The Morgan fingerprint density at radius 1 is 0.690 bits per heavy atom. The standard InChI is InChI=1S/C26H30O3/c1-21(29-19-25-10-6-3-7-11-25)26(16-22-12-14-23(17-27)15-13-22)20-28-18-24-8-4-2-5-9-24/h2-15,21,26-27H,16-20H2,1H3/t21-,26+/m1/s1. The summed E-state index contributed by atoms with van der Waals surface area (Å²) in [6, 6.07) is 28.6. The third-order valence-electron chi connectivity index (χ3n) is 5.17. The molecule has 0 saturated carbocycles. The summed E-state index contributed by atoms with van der Waals surface area (Å²) in [5.74, 6) is 0.238. The van der Waals surface area contributed by atoms with Crippen molar-refractivity contribution in [3.8, 4) is 0 Å². The Balaban J connectivity index is 1.60. The Morgan fingerprint density at radius 3 is 1.83 bits per heavy atom. The van der Waals surface area contributed by atoms with Crippen molar-refractivity contribution in [3.05, 3.63) is 107 Å². The van der Waals surface area contributed by atoms with Gasteiger partial charge < -0.3 is 14.6 Å². The van der Waals surface area contributed by atoms with Gasteiger partial charge in [-0.2, -0.15) is 0 Å². The summed E-state index contributed by atoms with van der Waals surface area (Å²) in [5.41, 5.74) is 4.51. The van der Waals surface area contributed by atoms with E-state index in [-0.39, 0.29) is 18.6 Å². The average Bonchev–Trinajstić information content (AvgIpc) is 2.78. The largest absolute Gasteiger partial charge is 0.392 e. The van der Waals surface area contributed by atoms with Crippen LogP contribution in [0.2, 0.25) is 0 Å². The SMILES string of the molecule is C[C@@H](OCc1ccccc1)[C@H](COCc1ccccc1)Cc1ccc(CO)cc1. The smallest absolute Gasteiger partial charge is 0.0720 e. The van der Waals surface area contributed by atoms with E-state index in [4.69, 9.17) is 9.47 Å². The van der Waals surface area contributed by atoms with Gasteiger partial charge in [-0.1, -0.05) is 84.9 Å². The van der Waals surface area contributed by atoms with Gasteiger partial charge >= 0.3 is 0 Å². The lowest BCUT2D eigenvalue weighted by Gasteiger charge is -2.25. The van der Waals surface area contributed by atoms with Crippen molar-refractivity contribution in [2.45, 2.75) is 39.3 Å². The van der Waals surface area contributed by atoms with Gasteiger partial charge in [0.25, 0.3) is 0 Å². The van der Waals surface area contributed by atoms with E-state index < -0.39 is 0 Å². The Hall–Kier alpha value is -2.46.